The molecule has 0 heterocycles. The van der Waals surface area contributed by atoms with Gasteiger partial charge in [0.2, 0.25) is 0 Å². The molecule has 142 valence electrons. The van der Waals surface area contributed by atoms with Gasteiger partial charge in [0.15, 0.2) is 0 Å². The van der Waals surface area contributed by atoms with Crippen LogP contribution in [0.25, 0.3) is 0 Å². The van der Waals surface area contributed by atoms with E-state index in [0.717, 1.165) is 18.8 Å². The van der Waals surface area contributed by atoms with E-state index in [-0.39, 0.29) is 5.75 Å². The molecule has 3 rings (SSSR count). The average molecular weight is 381 g/mol. The highest BCUT2D eigenvalue weighted by atomic mass is 32.2. The van der Waals surface area contributed by atoms with Gasteiger partial charge in [0.05, 0.1) is 6.61 Å². The summed E-state index contributed by atoms with van der Waals surface area (Å²) in [4.78, 5) is 2.57. The number of hydrogen-bond donors (Lipinski definition) is 1. The fraction of sp³-hybridized carbons (Fsp3) is 0.250. The summed E-state index contributed by atoms with van der Waals surface area (Å²) in [7, 11) is 0. The van der Waals surface area contributed by atoms with Crippen molar-refractivity contribution in [2.24, 2.45) is 0 Å². The van der Waals surface area contributed by atoms with E-state index in [1.807, 2.05) is 18.2 Å². The van der Waals surface area contributed by atoms with Gasteiger partial charge in [-0.2, -0.15) is 0 Å². The first-order valence-corrected chi connectivity index (χ1v) is 10.3. The van der Waals surface area contributed by atoms with Crippen LogP contribution in [0.15, 0.2) is 94.7 Å². The summed E-state index contributed by atoms with van der Waals surface area (Å²) in [5.41, 5.74) is 0. The lowest BCUT2D eigenvalue weighted by atomic mass is 10.2. The highest BCUT2D eigenvalue weighted by molar-refractivity contribution is 7.99. The number of phenols is 1. The van der Waals surface area contributed by atoms with E-state index in [1.165, 1.54) is 29.1 Å². The van der Waals surface area contributed by atoms with Crippen LogP contribution < -0.4 is 4.74 Å². The van der Waals surface area contributed by atoms with Gasteiger partial charge in [-0.05, 0) is 42.8 Å². The molecule has 3 aromatic rings. The maximum atomic E-state index is 9.17. The fourth-order valence-electron chi connectivity index (χ4n) is 2.41. The molecule has 0 amide bonds. The van der Waals surface area contributed by atoms with Crippen molar-refractivity contribution in [1.29, 1.82) is 0 Å². The number of ether oxygens (including phenoxy) is 1. The number of unbranched alkanes of at least 4 members (excludes halogenated alkanes) is 3. The van der Waals surface area contributed by atoms with Crippen LogP contribution in [0.3, 0.4) is 0 Å². The minimum absolute atomic E-state index is 0.260. The molecular formula is C24H28O2S. The topological polar surface area (TPSA) is 29.5 Å². The summed E-state index contributed by atoms with van der Waals surface area (Å²) < 4.78 is 5.47. The molecule has 0 atom stereocenters. The van der Waals surface area contributed by atoms with E-state index in [0.29, 0.717) is 0 Å². The Morgan fingerprint density at radius 3 is 1.93 bits per heavy atom. The summed E-state index contributed by atoms with van der Waals surface area (Å²) in [6.07, 6.45) is 4.81. The standard InChI is InChI=1S/C12H18O2.C12H10S/c1-2-3-4-5-9-14-12-8-6-7-11(13)10-12;1-3-7-11(8-4-1)13-12-9-5-2-6-10-12/h6-8,10,13H,2-5,9H2,1H3;1-10H. The summed E-state index contributed by atoms with van der Waals surface area (Å²) in [6, 6.07) is 27.7. The lowest BCUT2D eigenvalue weighted by Gasteiger charge is -2.05. The molecule has 0 radical (unpaired) electrons. The second-order valence-corrected chi connectivity index (χ2v) is 7.28. The third-order valence-corrected chi connectivity index (χ3v) is 4.82. The largest absolute Gasteiger partial charge is 0.508 e. The number of rotatable bonds is 8. The number of benzene rings is 3. The van der Waals surface area contributed by atoms with E-state index >= 15 is 0 Å². The Kier molecular flexibility index (Phi) is 9.98. The molecule has 3 aromatic carbocycles. The van der Waals surface area contributed by atoms with Crippen molar-refractivity contribution in [3.05, 3.63) is 84.9 Å². The van der Waals surface area contributed by atoms with Crippen LogP contribution in [0.2, 0.25) is 0 Å². The van der Waals surface area contributed by atoms with Gasteiger partial charge < -0.3 is 9.84 Å². The van der Waals surface area contributed by atoms with E-state index < -0.39 is 0 Å². The number of hydrogen-bond acceptors (Lipinski definition) is 3. The van der Waals surface area contributed by atoms with Crippen molar-refractivity contribution in [1.82, 2.24) is 0 Å². The molecule has 0 aliphatic heterocycles. The molecule has 0 bridgehead atoms. The van der Waals surface area contributed by atoms with Gasteiger partial charge in [-0.25, -0.2) is 0 Å². The molecule has 3 heteroatoms. The molecule has 0 aliphatic rings. The van der Waals surface area contributed by atoms with Crippen molar-refractivity contribution in [2.45, 2.75) is 42.4 Å². The molecule has 0 saturated heterocycles. The highest BCUT2D eigenvalue weighted by Crippen LogP contribution is 2.26. The predicted octanol–water partition coefficient (Wildman–Crippen LogP) is 7.19. The smallest absolute Gasteiger partial charge is 0.122 e. The summed E-state index contributed by atoms with van der Waals surface area (Å²) >= 11 is 1.79. The monoisotopic (exact) mass is 380 g/mol. The zero-order valence-corrected chi connectivity index (χ0v) is 16.7. The Hall–Kier alpha value is -2.39. The van der Waals surface area contributed by atoms with Crippen LogP contribution in [-0.2, 0) is 0 Å². The Labute approximate surface area is 167 Å². The van der Waals surface area contributed by atoms with Gasteiger partial charge in [-0.1, -0.05) is 80.4 Å². The zero-order valence-electron chi connectivity index (χ0n) is 15.9. The fourth-order valence-corrected chi connectivity index (χ4v) is 3.26. The molecule has 2 nitrogen and oxygen atoms in total. The lowest BCUT2D eigenvalue weighted by Crippen LogP contribution is -1.96. The number of aromatic hydroxyl groups is 1. The van der Waals surface area contributed by atoms with Crippen LogP contribution in [0.5, 0.6) is 11.5 Å². The van der Waals surface area contributed by atoms with E-state index in [2.05, 4.69) is 55.5 Å². The summed E-state index contributed by atoms with van der Waals surface area (Å²) in [6.45, 7) is 2.93. The van der Waals surface area contributed by atoms with Gasteiger partial charge >= 0.3 is 0 Å². The predicted molar refractivity (Wildman–Crippen MR) is 115 cm³/mol. The first-order chi connectivity index (χ1) is 13.3. The van der Waals surface area contributed by atoms with Crippen molar-refractivity contribution in [2.75, 3.05) is 6.61 Å². The van der Waals surface area contributed by atoms with Crippen molar-refractivity contribution in [3.63, 3.8) is 0 Å². The molecule has 0 aromatic heterocycles. The minimum Gasteiger partial charge on any atom is -0.508 e. The van der Waals surface area contributed by atoms with Crippen molar-refractivity contribution in [3.8, 4) is 11.5 Å². The van der Waals surface area contributed by atoms with Gasteiger partial charge in [-0.3, -0.25) is 0 Å². The summed E-state index contributed by atoms with van der Waals surface area (Å²) in [5.74, 6) is 1.01. The Morgan fingerprint density at radius 2 is 1.37 bits per heavy atom. The maximum Gasteiger partial charge on any atom is 0.122 e. The SMILES string of the molecule is CCCCCCOc1cccc(O)c1.c1ccc(Sc2ccccc2)cc1. The van der Waals surface area contributed by atoms with Gasteiger partial charge in [-0.15, -0.1) is 0 Å². The second kappa shape index (κ2) is 12.9. The first-order valence-electron chi connectivity index (χ1n) is 9.47. The van der Waals surface area contributed by atoms with E-state index in [4.69, 9.17) is 4.74 Å². The van der Waals surface area contributed by atoms with E-state index in [1.54, 1.807) is 30.0 Å². The third kappa shape index (κ3) is 9.20. The normalized spacial score (nSPS) is 9.96. The second-order valence-electron chi connectivity index (χ2n) is 6.13. The quantitative estimate of drug-likeness (QED) is 0.419. The number of phenolic OH excluding ortho intramolecular Hbond substituents is 1. The average Bonchev–Trinajstić information content (AvgIpc) is 2.70. The molecule has 0 spiro atoms. The van der Waals surface area contributed by atoms with Gasteiger partial charge in [0.1, 0.15) is 11.5 Å². The van der Waals surface area contributed by atoms with E-state index in [9.17, 15) is 5.11 Å². The first kappa shape index (κ1) is 20.9. The summed E-state index contributed by atoms with van der Waals surface area (Å²) in [5, 5.41) is 9.17. The molecule has 1 N–H and O–H groups in total. The maximum absolute atomic E-state index is 9.17. The minimum atomic E-state index is 0.260. The van der Waals surface area contributed by atoms with Crippen LogP contribution in [0.1, 0.15) is 32.6 Å². The van der Waals surface area contributed by atoms with Crippen LogP contribution in [0.4, 0.5) is 0 Å². The lowest BCUT2D eigenvalue weighted by molar-refractivity contribution is 0.303. The van der Waals surface area contributed by atoms with Crippen molar-refractivity contribution < 1.29 is 9.84 Å². The van der Waals surface area contributed by atoms with Gasteiger partial charge in [0.25, 0.3) is 0 Å². The zero-order chi connectivity index (χ0) is 19.2. The third-order valence-electron chi connectivity index (χ3n) is 3.81. The molecule has 0 fully saturated rings. The van der Waals surface area contributed by atoms with Crippen LogP contribution in [-0.4, -0.2) is 11.7 Å². The molecular weight excluding hydrogens is 352 g/mol. The molecule has 0 saturated carbocycles. The van der Waals surface area contributed by atoms with Crippen LogP contribution >= 0.6 is 11.8 Å². The van der Waals surface area contributed by atoms with Crippen molar-refractivity contribution >= 4 is 11.8 Å². The highest BCUT2D eigenvalue weighted by Gasteiger charge is 1.95. The van der Waals surface area contributed by atoms with Gasteiger partial charge in [0, 0.05) is 15.9 Å². The Morgan fingerprint density at radius 1 is 0.741 bits per heavy atom. The van der Waals surface area contributed by atoms with Crippen LogP contribution in [0, 0.1) is 0 Å². The Bertz CT molecular complexity index is 707. The Balaban J connectivity index is 0.000000194. The molecule has 0 aliphatic carbocycles. The molecule has 27 heavy (non-hydrogen) atoms. The molecule has 0 unspecified atom stereocenters.